The van der Waals surface area contributed by atoms with Gasteiger partial charge in [0.2, 0.25) is 0 Å². The summed E-state index contributed by atoms with van der Waals surface area (Å²) in [7, 11) is 1.80. The van der Waals surface area contributed by atoms with Gasteiger partial charge in [0, 0.05) is 38.5 Å². The van der Waals surface area contributed by atoms with Crippen LogP contribution in [0.25, 0.3) is 0 Å². The summed E-state index contributed by atoms with van der Waals surface area (Å²) < 4.78 is 5.62. The van der Waals surface area contributed by atoms with Gasteiger partial charge in [-0.2, -0.15) is 0 Å². The fraction of sp³-hybridized carbons (Fsp3) is 0.524. The van der Waals surface area contributed by atoms with Crippen molar-refractivity contribution in [2.45, 2.75) is 50.3 Å². The Balaban J connectivity index is 1.41. The van der Waals surface area contributed by atoms with Crippen LogP contribution in [0.15, 0.2) is 42.9 Å². The van der Waals surface area contributed by atoms with Crippen molar-refractivity contribution in [2.24, 2.45) is 0 Å². The number of hydrogen-bond acceptors (Lipinski definition) is 5. The maximum absolute atomic E-state index is 5.62. The van der Waals surface area contributed by atoms with Crippen LogP contribution in [0.2, 0.25) is 0 Å². The van der Waals surface area contributed by atoms with Crippen molar-refractivity contribution >= 4 is 5.82 Å². The summed E-state index contributed by atoms with van der Waals surface area (Å²) in [6.07, 6.45) is 7.39. The summed E-state index contributed by atoms with van der Waals surface area (Å²) in [6, 6.07) is 11.8. The smallest absolute Gasteiger partial charge is 0.132 e. The van der Waals surface area contributed by atoms with E-state index in [1.165, 1.54) is 24.0 Å². The van der Waals surface area contributed by atoms with Crippen molar-refractivity contribution in [3.8, 4) is 0 Å². The zero-order valence-corrected chi connectivity index (χ0v) is 15.6. The molecule has 2 heterocycles. The molecule has 2 aliphatic rings. The lowest BCUT2D eigenvalue weighted by molar-refractivity contribution is 0.118. The molecule has 0 spiro atoms. The molecule has 5 nitrogen and oxygen atoms in total. The number of rotatable bonds is 7. The highest BCUT2D eigenvalue weighted by Gasteiger charge is 2.33. The average Bonchev–Trinajstić information content (AvgIpc) is 3.47. The molecule has 1 N–H and O–H groups in total. The Bertz CT molecular complexity index is 719. The van der Waals surface area contributed by atoms with E-state index in [9.17, 15) is 0 Å². The molecule has 1 saturated carbocycles. The minimum absolute atomic E-state index is 0.255. The van der Waals surface area contributed by atoms with Gasteiger partial charge in [-0.3, -0.25) is 0 Å². The molecule has 0 amide bonds. The third-order valence-corrected chi connectivity index (χ3v) is 5.69. The largest absolute Gasteiger partial charge is 0.380 e. The molecule has 1 aliphatic carbocycles. The van der Waals surface area contributed by atoms with Gasteiger partial charge in [-0.15, -0.1) is 0 Å². The van der Waals surface area contributed by atoms with Gasteiger partial charge in [-0.25, -0.2) is 9.97 Å². The Morgan fingerprint density at radius 2 is 2.19 bits per heavy atom. The van der Waals surface area contributed by atoms with Crippen LogP contribution in [0.3, 0.4) is 0 Å². The normalized spacial score (nSPS) is 24.0. The van der Waals surface area contributed by atoms with E-state index < -0.39 is 0 Å². The first-order valence-corrected chi connectivity index (χ1v) is 9.63. The van der Waals surface area contributed by atoms with E-state index in [0.717, 1.165) is 31.2 Å². The topological polar surface area (TPSA) is 50.3 Å². The molecular formula is C21H28N4O. The van der Waals surface area contributed by atoms with E-state index in [1.54, 1.807) is 19.6 Å². The number of benzene rings is 1. The molecule has 2 fully saturated rings. The van der Waals surface area contributed by atoms with Crippen LogP contribution in [-0.4, -0.2) is 42.3 Å². The van der Waals surface area contributed by atoms with Crippen molar-refractivity contribution in [3.05, 3.63) is 54.0 Å². The molecule has 1 saturated heterocycles. The van der Waals surface area contributed by atoms with Gasteiger partial charge in [0.15, 0.2) is 0 Å². The molecule has 4 rings (SSSR count). The Kier molecular flexibility index (Phi) is 5.18. The molecule has 2 aromatic rings. The summed E-state index contributed by atoms with van der Waals surface area (Å²) in [5.74, 6) is 1.78. The van der Waals surface area contributed by atoms with Crippen molar-refractivity contribution < 1.29 is 4.74 Å². The number of hydrogen-bond donors (Lipinski definition) is 1. The van der Waals surface area contributed by atoms with Gasteiger partial charge in [-0.05, 0) is 49.3 Å². The summed E-state index contributed by atoms with van der Waals surface area (Å²) in [5.41, 5.74) is 2.88. The maximum atomic E-state index is 5.62. The fourth-order valence-corrected chi connectivity index (χ4v) is 3.90. The van der Waals surface area contributed by atoms with E-state index in [-0.39, 0.29) is 6.10 Å². The second-order valence-electron chi connectivity index (χ2n) is 7.54. The lowest BCUT2D eigenvalue weighted by atomic mass is 10.0. The lowest BCUT2D eigenvalue weighted by Crippen LogP contribution is -2.39. The molecule has 26 heavy (non-hydrogen) atoms. The number of methoxy groups -OCH3 is 1. The first-order chi connectivity index (χ1) is 12.7. The predicted molar refractivity (Wildman–Crippen MR) is 103 cm³/mol. The number of ether oxygens (including phenoxy) is 1. The highest BCUT2D eigenvalue weighted by molar-refractivity contribution is 5.40. The monoisotopic (exact) mass is 352 g/mol. The first-order valence-electron chi connectivity index (χ1n) is 9.63. The molecule has 1 unspecified atom stereocenters. The standard InChI is InChI=1S/C21H28N4O/c1-15(17-4-3-5-18(10-17)16-6-7-16)23-12-19-11-20(26-2)13-25(19)21-8-9-22-14-24-21/h3-5,8-10,14-16,19-20,23H,6-7,11-13H2,1-2H3/t15?,19-,20-/m1/s1. The van der Waals surface area contributed by atoms with E-state index in [1.807, 2.05) is 6.07 Å². The number of anilines is 1. The van der Waals surface area contributed by atoms with Gasteiger partial charge >= 0.3 is 0 Å². The summed E-state index contributed by atoms with van der Waals surface area (Å²) in [4.78, 5) is 10.8. The average molecular weight is 352 g/mol. The van der Waals surface area contributed by atoms with E-state index in [2.05, 4.69) is 51.4 Å². The molecule has 5 heteroatoms. The third-order valence-electron chi connectivity index (χ3n) is 5.69. The molecular weight excluding hydrogens is 324 g/mol. The number of nitrogens with one attached hydrogen (secondary N) is 1. The van der Waals surface area contributed by atoms with Crippen molar-refractivity contribution in [3.63, 3.8) is 0 Å². The van der Waals surface area contributed by atoms with E-state index in [0.29, 0.717) is 12.1 Å². The van der Waals surface area contributed by atoms with Crippen LogP contribution in [-0.2, 0) is 4.74 Å². The Morgan fingerprint density at radius 1 is 1.31 bits per heavy atom. The predicted octanol–water partition coefficient (Wildman–Crippen LogP) is 3.30. The van der Waals surface area contributed by atoms with Gasteiger partial charge in [0.05, 0.1) is 6.10 Å². The SMILES string of the molecule is CO[C@@H]1C[C@H](CNC(C)c2cccc(C3CC3)c2)N(c2ccncn2)C1. The van der Waals surface area contributed by atoms with Crippen LogP contribution < -0.4 is 10.2 Å². The molecule has 1 aromatic carbocycles. The van der Waals surface area contributed by atoms with Gasteiger partial charge < -0.3 is 15.0 Å². The van der Waals surface area contributed by atoms with Crippen molar-refractivity contribution in [1.82, 2.24) is 15.3 Å². The zero-order valence-electron chi connectivity index (χ0n) is 15.6. The minimum Gasteiger partial charge on any atom is -0.380 e. The quantitative estimate of drug-likeness (QED) is 0.829. The van der Waals surface area contributed by atoms with Gasteiger partial charge in [-0.1, -0.05) is 24.3 Å². The number of aromatic nitrogens is 2. The summed E-state index contributed by atoms with van der Waals surface area (Å²) in [5, 5.41) is 3.73. The van der Waals surface area contributed by atoms with Crippen LogP contribution in [0.4, 0.5) is 5.82 Å². The second kappa shape index (κ2) is 7.72. The molecule has 3 atom stereocenters. The molecule has 1 aromatic heterocycles. The van der Waals surface area contributed by atoms with E-state index >= 15 is 0 Å². The first kappa shape index (κ1) is 17.4. The fourth-order valence-electron chi connectivity index (χ4n) is 3.90. The lowest BCUT2D eigenvalue weighted by Gasteiger charge is -2.27. The zero-order chi connectivity index (χ0) is 17.9. The Labute approximate surface area is 155 Å². The number of nitrogens with zero attached hydrogens (tertiary/aromatic N) is 3. The Morgan fingerprint density at radius 3 is 2.92 bits per heavy atom. The molecule has 138 valence electrons. The van der Waals surface area contributed by atoms with Crippen LogP contribution >= 0.6 is 0 Å². The second-order valence-corrected chi connectivity index (χ2v) is 7.54. The van der Waals surface area contributed by atoms with Gasteiger partial charge in [0.25, 0.3) is 0 Å². The van der Waals surface area contributed by atoms with Gasteiger partial charge in [0.1, 0.15) is 12.1 Å². The van der Waals surface area contributed by atoms with Crippen LogP contribution in [0, 0.1) is 0 Å². The molecule has 1 aliphatic heterocycles. The highest BCUT2D eigenvalue weighted by atomic mass is 16.5. The third kappa shape index (κ3) is 3.89. The minimum atomic E-state index is 0.255. The summed E-state index contributed by atoms with van der Waals surface area (Å²) in [6.45, 7) is 4.05. The summed E-state index contributed by atoms with van der Waals surface area (Å²) >= 11 is 0. The maximum Gasteiger partial charge on any atom is 0.132 e. The van der Waals surface area contributed by atoms with Crippen LogP contribution in [0.5, 0.6) is 0 Å². The van der Waals surface area contributed by atoms with Crippen molar-refractivity contribution in [1.29, 1.82) is 0 Å². The van der Waals surface area contributed by atoms with Crippen molar-refractivity contribution in [2.75, 3.05) is 25.1 Å². The molecule has 0 bridgehead atoms. The van der Waals surface area contributed by atoms with E-state index in [4.69, 9.17) is 4.74 Å². The Hall–Kier alpha value is -1.98. The molecule has 0 radical (unpaired) electrons. The van der Waals surface area contributed by atoms with Crippen LogP contribution in [0.1, 0.15) is 49.3 Å². The highest BCUT2D eigenvalue weighted by Crippen LogP contribution is 2.40.